The van der Waals surface area contributed by atoms with Crippen molar-refractivity contribution in [3.8, 4) is 0 Å². The second-order valence-electron chi connectivity index (χ2n) is 3.70. The van der Waals surface area contributed by atoms with Crippen molar-refractivity contribution in [1.29, 1.82) is 0 Å². The summed E-state index contributed by atoms with van der Waals surface area (Å²) >= 11 is 0. The number of aliphatic carboxylic acids is 1. The normalized spacial score (nSPS) is 10.0. The quantitative estimate of drug-likeness (QED) is 0.620. The van der Waals surface area contributed by atoms with Gasteiger partial charge in [-0.05, 0) is 20.8 Å². The molecule has 0 unspecified atom stereocenters. The first-order valence-corrected chi connectivity index (χ1v) is 5.15. The number of rotatable bonds is 6. The van der Waals surface area contributed by atoms with Crippen molar-refractivity contribution >= 4 is 17.8 Å². The van der Waals surface area contributed by atoms with Crippen molar-refractivity contribution in [1.82, 2.24) is 10.2 Å². The molecule has 0 radical (unpaired) electrons. The maximum absolute atomic E-state index is 11.4. The zero-order valence-corrected chi connectivity index (χ0v) is 9.82. The van der Waals surface area contributed by atoms with Gasteiger partial charge in [0, 0.05) is 12.6 Å². The van der Waals surface area contributed by atoms with Crippen LogP contribution in [0.4, 0.5) is 0 Å². The van der Waals surface area contributed by atoms with E-state index in [9.17, 15) is 14.4 Å². The van der Waals surface area contributed by atoms with Crippen LogP contribution in [0.1, 0.15) is 27.2 Å². The first-order chi connectivity index (χ1) is 7.36. The Kier molecular flexibility index (Phi) is 6.14. The fourth-order valence-electron chi connectivity index (χ4n) is 1.16. The molecule has 0 spiro atoms. The molecule has 0 aliphatic carbocycles. The first kappa shape index (κ1) is 14.4. The Morgan fingerprint density at radius 3 is 2.25 bits per heavy atom. The minimum Gasteiger partial charge on any atom is -0.481 e. The molecule has 0 heterocycles. The monoisotopic (exact) mass is 230 g/mol. The number of carboxylic acids is 1. The lowest BCUT2D eigenvalue weighted by atomic mass is 10.3. The van der Waals surface area contributed by atoms with Crippen molar-refractivity contribution in [2.45, 2.75) is 33.2 Å². The largest absolute Gasteiger partial charge is 0.481 e. The van der Waals surface area contributed by atoms with Crippen LogP contribution in [0.3, 0.4) is 0 Å². The van der Waals surface area contributed by atoms with Gasteiger partial charge in [-0.2, -0.15) is 0 Å². The molecule has 0 saturated carbocycles. The number of carbonyl (C=O) groups excluding carboxylic acids is 2. The van der Waals surface area contributed by atoms with Crippen molar-refractivity contribution in [2.24, 2.45) is 0 Å². The third-order valence-electron chi connectivity index (χ3n) is 1.82. The third-order valence-corrected chi connectivity index (χ3v) is 1.82. The second kappa shape index (κ2) is 6.81. The number of hydrogen-bond donors (Lipinski definition) is 2. The van der Waals surface area contributed by atoms with E-state index in [0.29, 0.717) is 6.54 Å². The van der Waals surface area contributed by atoms with Crippen molar-refractivity contribution in [3.05, 3.63) is 0 Å². The highest BCUT2D eigenvalue weighted by atomic mass is 16.4. The fraction of sp³-hybridized carbons (Fsp3) is 0.700. The summed E-state index contributed by atoms with van der Waals surface area (Å²) in [5.74, 6) is -2.02. The van der Waals surface area contributed by atoms with Gasteiger partial charge < -0.3 is 15.3 Å². The molecule has 0 saturated heterocycles. The van der Waals surface area contributed by atoms with Gasteiger partial charge in [-0.1, -0.05) is 0 Å². The van der Waals surface area contributed by atoms with Crippen LogP contribution in [0.5, 0.6) is 0 Å². The van der Waals surface area contributed by atoms with E-state index in [2.05, 4.69) is 5.32 Å². The molecule has 2 N–H and O–H groups in total. The van der Waals surface area contributed by atoms with Gasteiger partial charge in [0.1, 0.15) is 6.42 Å². The van der Waals surface area contributed by atoms with Crippen LogP contribution in [0.2, 0.25) is 0 Å². The molecule has 16 heavy (non-hydrogen) atoms. The van der Waals surface area contributed by atoms with Crippen LogP contribution < -0.4 is 5.32 Å². The number of nitrogens with zero attached hydrogens (tertiary/aromatic N) is 1. The minimum atomic E-state index is -1.19. The summed E-state index contributed by atoms with van der Waals surface area (Å²) < 4.78 is 0. The summed E-state index contributed by atoms with van der Waals surface area (Å²) in [6.07, 6.45) is -0.581. The Labute approximate surface area is 94.6 Å². The molecule has 6 nitrogen and oxygen atoms in total. The lowest BCUT2D eigenvalue weighted by Gasteiger charge is -2.20. The highest BCUT2D eigenvalue weighted by Gasteiger charge is 2.18. The van der Waals surface area contributed by atoms with Crippen molar-refractivity contribution in [3.63, 3.8) is 0 Å². The smallest absolute Gasteiger partial charge is 0.312 e. The maximum atomic E-state index is 11.4. The summed E-state index contributed by atoms with van der Waals surface area (Å²) in [7, 11) is 0. The molecule has 0 rings (SSSR count). The Hall–Kier alpha value is -1.59. The first-order valence-electron chi connectivity index (χ1n) is 5.15. The number of hydrogen-bond acceptors (Lipinski definition) is 3. The van der Waals surface area contributed by atoms with E-state index in [1.165, 1.54) is 4.90 Å². The van der Waals surface area contributed by atoms with E-state index in [1.807, 2.05) is 13.8 Å². The van der Waals surface area contributed by atoms with Crippen LogP contribution in [-0.2, 0) is 14.4 Å². The molecule has 0 fully saturated rings. The van der Waals surface area contributed by atoms with Gasteiger partial charge >= 0.3 is 5.97 Å². The molecular weight excluding hydrogens is 212 g/mol. The molecular formula is C10H18N2O4. The summed E-state index contributed by atoms with van der Waals surface area (Å²) in [4.78, 5) is 34.3. The van der Waals surface area contributed by atoms with Gasteiger partial charge in [0.15, 0.2) is 0 Å². The van der Waals surface area contributed by atoms with Gasteiger partial charge in [-0.3, -0.25) is 14.4 Å². The topological polar surface area (TPSA) is 86.7 Å². The average molecular weight is 230 g/mol. The molecule has 92 valence electrons. The standard InChI is InChI=1S/C10H18N2O4/c1-4-12(9(14)5-10(15)16)6-8(13)11-7(2)3/h7H,4-6H2,1-3H3,(H,11,13)(H,15,16). The Morgan fingerprint density at radius 2 is 1.88 bits per heavy atom. The molecule has 0 aromatic rings. The minimum absolute atomic E-state index is 0.000724. The van der Waals surface area contributed by atoms with Gasteiger partial charge in [0.2, 0.25) is 11.8 Å². The molecule has 0 bridgehead atoms. The average Bonchev–Trinajstić information content (AvgIpc) is 2.11. The summed E-state index contributed by atoms with van der Waals surface area (Å²) in [6.45, 7) is 5.54. The van der Waals surface area contributed by atoms with E-state index in [-0.39, 0.29) is 18.5 Å². The van der Waals surface area contributed by atoms with E-state index in [0.717, 1.165) is 0 Å². The molecule has 2 amide bonds. The summed E-state index contributed by atoms with van der Waals surface area (Å²) in [6, 6.07) is 0.000724. The Balaban J connectivity index is 4.23. The predicted octanol–water partition coefficient (Wildman–Crippen LogP) is -0.166. The highest BCUT2D eigenvalue weighted by molar-refractivity contribution is 5.95. The molecule has 0 atom stereocenters. The molecule has 6 heteroatoms. The van der Waals surface area contributed by atoms with Gasteiger partial charge in [-0.25, -0.2) is 0 Å². The number of carboxylic acid groups (broad SMARTS) is 1. The zero-order valence-electron chi connectivity index (χ0n) is 9.82. The Morgan fingerprint density at radius 1 is 1.31 bits per heavy atom. The lowest BCUT2D eigenvalue weighted by molar-refractivity contribution is -0.145. The Bertz CT molecular complexity index is 276. The van der Waals surface area contributed by atoms with E-state index < -0.39 is 18.3 Å². The van der Waals surface area contributed by atoms with Crippen LogP contribution in [-0.4, -0.2) is 46.9 Å². The SMILES string of the molecule is CCN(CC(=O)NC(C)C)C(=O)CC(=O)O. The summed E-state index contributed by atoms with van der Waals surface area (Å²) in [5, 5.41) is 11.1. The van der Waals surface area contributed by atoms with Gasteiger partial charge in [-0.15, -0.1) is 0 Å². The van der Waals surface area contributed by atoms with E-state index in [1.54, 1.807) is 6.92 Å². The lowest BCUT2D eigenvalue weighted by Crippen LogP contribution is -2.43. The molecule has 0 aliphatic rings. The second-order valence-corrected chi connectivity index (χ2v) is 3.70. The molecule has 0 aromatic heterocycles. The van der Waals surface area contributed by atoms with Crippen LogP contribution >= 0.6 is 0 Å². The predicted molar refractivity (Wildman–Crippen MR) is 57.8 cm³/mol. The molecule has 0 aromatic carbocycles. The van der Waals surface area contributed by atoms with Gasteiger partial charge in [0.25, 0.3) is 0 Å². The number of amides is 2. The van der Waals surface area contributed by atoms with E-state index in [4.69, 9.17) is 5.11 Å². The number of likely N-dealkylation sites (N-methyl/N-ethyl adjacent to an activating group) is 1. The highest BCUT2D eigenvalue weighted by Crippen LogP contribution is 1.94. The third kappa shape index (κ3) is 6.00. The zero-order chi connectivity index (χ0) is 12.7. The van der Waals surface area contributed by atoms with E-state index >= 15 is 0 Å². The number of carbonyl (C=O) groups is 3. The van der Waals surface area contributed by atoms with Crippen LogP contribution in [0.15, 0.2) is 0 Å². The maximum Gasteiger partial charge on any atom is 0.312 e. The van der Waals surface area contributed by atoms with Crippen LogP contribution in [0.25, 0.3) is 0 Å². The number of nitrogens with one attached hydrogen (secondary N) is 1. The summed E-state index contributed by atoms with van der Waals surface area (Å²) in [5.41, 5.74) is 0. The fourth-order valence-corrected chi connectivity index (χ4v) is 1.16. The van der Waals surface area contributed by atoms with Crippen molar-refractivity contribution < 1.29 is 19.5 Å². The van der Waals surface area contributed by atoms with Crippen LogP contribution in [0, 0.1) is 0 Å². The molecule has 0 aliphatic heterocycles. The van der Waals surface area contributed by atoms with Crippen molar-refractivity contribution in [2.75, 3.05) is 13.1 Å². The van der Waals surface area contributed by atoms with Gasteiger partial charge in [0.05, 0.1) is 6.54 Å².